The third-order valence-electron chi connectivity index (χ3n) is 5.60. The van der Waals surface area contributed by atoms with Crippen molar-refractivity contribution in [2.24, 2.45) is 10.2 Å². The van der Waals surface area contributed by atoms with Crippen LogP contribution < -0.4 is 14.2 Å². The number of hydrogen-bond acceptors (Lipinski definition) is 7. The summed E-state index contributed by atoms with van der Waals surface area (Å²) in [6.45, 7) is 3.18. The van der Waals surface area contributed by atoms with Gasteiger partial charge in [0.15, 0.2) is 11.5 Å². The molecule has 3 aromatic carbocycles. The van der Waals surface area contributed by atoms with Crippen LogP contribution in [0.4, 0.5) is 0 Å². The largest absolute Gasteiger partial charge is 0.494 e. The molecule has 2 heterocycles. The zero-order valence-electron chi connectivity index (χ0n) is 19.2. The first-order valence-corrected chi connectivity index (χ1v) is 11.2. The maximum absolute atomic E-state index is 12.6. The molecule has 2 amide bonds. The summed E-state index contributed by atoms with van der Waals surface area (Å²) in [5.74, 6) is -0.350. The monoisotopic (exact) mass is 487 g/mol. The van der Waals surface area contributed by atoms with E-state index in [1.807, 2.05) is 6.92 Å². The summed E-state index contributed by atoms with van der Waals surface area (Å²) < 4.78 is 17.6. The highest BCUT2D eigenvalue weighted by atomic mass is 16.6. The molecule has 0 bridgehead atoms. The van der Waals surface area contributed by atoms with Gasteiger partial charge in [-0.15, -0.1) is 10.2 Å². The van der Waals surface area contributed by atoms with Crippen LogP contribution in [0.2, 0.25) is 0 Å². The fourth-order valence-electron chi connectivity index (χ4n) is 3.88. The van der Waals surface area contributed by atoms with Gasteiger partial charge in [-0.2, -0.15) is 0 Å². The second-order valence-corrected chi connectivity index (χ2v) is 7.84. The lowest BCUT2D eigenvalue weighted by atomic mass is 10.1. The number of carbonyl (C=O) groups excluding carboxylic acids is 2. The van der Waals surface area contributed by atoms with Crippen molar-refractivity contribution in [3.63, 3.8) is 0 Å². The highest BCUT2D eigenvalue weighted by Crippen LogP contribution is 2.39. The Morgan fingerprint density at radius 2 is 1.44 bits per heavy atom. The van der Waals surface area contributed by atoms with Gasteiger partial charge < -0.3 is 24.4 Å². The van der Waals surface area contributed by atoms with Crippen LogP contribution in [0.1, 0.15) is 27.6 Å². The summed E-state index contributed by atoms with van der Waals surface area (Å²) in [7, 11) is 0. The van der Waals surface area contributed by atoms with E-state index in [2.05, 4.69) is 10.2 Å². The molecule has 1 aliphatic rings. The van der Waals surface area contributed by atoms with Gasteiger partial charge in [-0.1, -0.05) is 0 Å². The van der Waals surface area contributed by atoms with E-state index in [1.54, 1.807) is 30.3 Å². The van der Waals surface area contributed by atoms with Crippen molar-refractivity contribution in [2.75, 3.05) is 19.8 Å². The smallest absolute Gasteiger partial charge is 0.295 e. The molecule has 0 saturated heterocycles. The molecule has 0 atom stereocenters. The number of fused-ring (bicyclic) bond motifs is 2. The minimum Gasteiger partial charge on any atom is -0.494 e. The van der Waals surface area contributed by atoms with Crippen LogP contribution in [0, 0.1) is 0 Å². The zero-order valence-corrected chi connectivity index (χ0v) is 19.2. The first-order valence-electron chi connectivity index (χ1n) is 11.2. The van der Waals surface area contributed by atoms with E-state index in [0.29, 0.717) is 48.1 Å². The molecule has 1 aromatic heterocycles. The van der Waals surface area contributed by atoms with Crippen LogP contribution in [-0.4, -0.2) is 46.4 Å². The molecule has 0 spiro atoms. The first-order chi connectivity index (χ1) is 17.5. The van der Waals surface area contributed by atoms with Crippen LogP contribution in [0.5, 0.6) is 29.0 Å². The van der Waals surface area contributed by atoms with Crippen molar-refractivity contribution in [3.8, 4) is 34.7 Å². The predicted molar refractivity (Wildman–Crippen MR) is 129 cm³/mol. The van der Waals surface area contributed by atoms with Gasteiger partial charge in [0, 0.05) is 21.9 Å². The van der Waals surface area contributed by atoms with Crippen LogP contribution >= 0.6 is 0 Å². The first kappa shape index (κ1) is 22.9. The molecule has 0 unspecified atom stereocenters. The third-order valence-corrected chi connectivity index (χ3v) is 5.60. The highest BCUT2D eigenvalue weighted by Gasteiger charge is 2.20. The van der Waals surface area contributed by atoms with Crippen molar-refractivity contribution in [1.29, 1.82) is 0 Å². The molecular weight excluding hydrogens is 466 g/mol. The van der Waals surface area contributed by atoms with Crippen molar-refractivity contribution in [2.45, 2.75) is 6.92 Å². The van der Waals surface area contributed by atoms with Gasteiger partial charge in [0.2, 0.25) is 11.8 Å². The van der Waals surface area contributed by atoms with Gasteiger partial charge >= 0.3 is 0 Å². The molecule has 0 aliphatic carbocycles. The Balaban J connectivity index is 1.39. The van der Waals surface area contributed by atoms with Crippen molar-refractivity contribution >= 4 is 22.6 Å². The Morgan fingerprint density at radius 3 is 2.14 bits per heavy atom. The van der Waals surface area contributed by atoms with Crippen molar-refractivity contribution in [3.05, 3.63) is 71.8 Å². The molecule has 1 aliphatic heterocycles. The van der Waals surface area contributed by atoms with Gasteiger partial charge in [-0.3, -0.25) is 14.2 Å². The lowest BCUT2D eigenvalue weighted by Crippen LogP contribution is -2.15. The Labute approximate surface area is 205 Å². The van der Waals surface area contributed by atoms with E-state index in [-0.39, 0.29) is 28.3 Å². The Kier molecular flexibility index (Phi) is 5.99. The number of hydrogen-bond donors (Lipinski definition) is 2. The molecule has 0 fully saturated rings. The van der Waals surface area contributed by atoms with E-state index in [9.17, 15) is 19.8 Å². The van der Waals surface area contributed by atoms with Gasteiger partial charge in [-0.05, 0) is 67.6 Å². The van der Waals surface area contributed by atoms with E-state index in [0.717, 1.165) is 0 Å². The summed E-state index contributed by atoms with van der Waals surface area (Å²) >= 11 is 0. The van der Waals surface area contributed by atoms with Crippen LogP contribution in [-0.2, 0) is 0 Å². The highest BCUT2D eigenvalue weighted by molar-refractivity contribution is 6.03. The average molecular weight is 487 g/mol. The van der Waals surface area contributed by atoms with Gasteiger partial charge in [0.05, 0.1) is 12.3 Å². The minimum absolute atomic E-state index is 0.0837. The summed E-state index contributed by atoms with van der Waals surface area (Å²) in [6.07, 6.45) is 0. The summed E-state index contributed by atoms with van der Waals surface area (Å²) in [6, 6.07) is 15.7. The molecular formula is C26H21N3O7. The number of benzene rings is 3. The molecule has 36 heavy (non-hydrogen) atoms. The summed E-state index contributed by atoms with van der Waals surface area (Å²) in [4.78, 5) is 25.0. The van der Waals surface area contributed by atoms with E-state index in [4.69, 9.17) is 14.2 Å². The number of ether oxygens (including phenoxy) is 3. The summed E-state index contributed by atoms with van der Waals surface area (Å²) in [5.41, 5.74) is 0.781. The SMILES string of the molecule is CCOc1ccc(-n2c(O)c3ccc(C(=O)N=NC(=O)c4ccc5c(c4)OCCO5)cc3c2O)cc1. The average Bonchev–Trinajstić information content (AvgIpc) is 3.16. The fourth-order valence-corrected chi connectivity index (χ4v) is 3.88. The zero-order chi connectivity index (χ0) is 25.2. The number of azo groups is 1. The molecule has 0 saturated carbocycles. The van der Waals surface area contributed by atoms with Crippen molar-refractivity contribution < 1.29 is 34.0 Å². The standard InChI is InChI=1S/C26H21N3O7/c1-2-34-18-7-5-17(6-8-18)29-25(32)19-9-3-15(13-20(19)26(29)33)23(30)27-28-24(31)16-4-10-21-22(14-16)36-12-11-35-21/h3-10,13-14,32-33H,2,11-12H2,1H3. The molecule has 10 heteroatoms. The number of carbonyl (C=O) groups is 2. The molecule has 182 valence electrons. The number of rotatable bonds is 5. The molecule has 10 nitrogen and oxygen atoms in total. The number of amides is 2. The predicted octanol–water partition coefficient (Wildman–Crippen LogP) is 4.64. The van der Waals surface area contributed by atoms with E-state index < -0.39 is 11.8 Å². The second kappa shape index (κ2) is 9.41. The number of aromatic nitrogens is 1. The minimum atomic E-state index is -0.782. The second-order valence-electron chi connectivity index (χ2n) is 7.84. The van der Waals surface area contributed by atoms with Crippen LogP contribution in [0.3, 0.4) is 0 Å². The molecule has 2 N–H and O–H groups in total. The number of aromatic hydroxyl groups is 2. The number of nitrogens with zero attached hydrogens (tertiary/aromatic N) is 3. The fraction of sp³-hybridized carbons (Fsp3) is 0.154. The quantitative estimate of drug-likeness (QED) is 0.392. The third kappa shape index (κ3) is 4.20. The van der Waals surface area contributed by atoms with Crippen molar-refractivity contribution in [1.82, 2.24) is 4.57 Å². The summed E-state index contributed by atoms with van der Waals surface area (Å²) in [5, 5.41) is 29.1. The lowest BCUT2D eigenvalue weighted by molar-refractivity contribution is 0.0946. The Hall–Kier alpha value is -4.86. The normalized spacial score (nSPS) is 12.7. The molecule has 0 radical (unpaired) electrons. The Bertz CT molecular complexity index is 1510. The molecule has 4 aromatic rings. The van der Waals surface area contributed by atoms with Gasteiger partial charge in [-0.25, -0.2) is 0 Å². The topological polar surface area (TPSA) is 132 Å². The van der Waals surface area contributed by atoms with E-state index in [1.165, 1.54) is 34.9 Å². The van der Waals surface area contributed by atoms with Gasteiger partial charge in [0.25, 0.3) is 11.8 Å². The van der Waals surface area contributed by atoms with Crippen LogP contribution in [0.15, 0.2) is 70.9 Å². The Morgan fingerprint density at radius 1 is 0.833 bits per heavy atom. The maximum atomic E-state index is 12.6. The van der Waals surface area contributed by atoms with E-state index >= 15 is 0 Å². The van der Waals surface area contributed by atoms with Gasteiger partial charge in [0.1, 0.15) is 19.0 Å². The molecule has 5 rings (SSSR count). The maximum Gasteiger partial charge on any atom is 0.295 e. The van der Waals surface area contributed by atoms with Crippen LogP contribution in [0.25, 0.3) is 16.5 Å². The lowest BCUT2D eigenvalue weighted by Gasteiger charge is -2.18.